The zero-order valence-electron chi connectivity index (χ0n) is 17.5. The van der Waals surface area contributed by atoms with E-state index in [0.717, 1.165) is 62.3 Å². The molecule has 2 unspecified atom stereocenters. The van der Waals surface area contributed by atoms with Crippen molar-refractivity contribution in [2.24, 2.45) is 11.8 Å². The van der Waals surface area contributed by atoms with Gasteiger partial charge in [-0.1, -0.05) is 12.1 Å². The van der Waals surface area contributed by atoms with Gasteiger partial charge in [-0.2, -0.15) is 0 Å². The molecular formula is C24H29N5S. The number of rotatable bonds is 3. The monoisotopic (exact) mass is 419 g/mol. The molecule has 3 fully saturated rings. The Balaban J connectivity index is 1.35. The topological polar surface area (TPSA) is 43.4 Å². The number of hydrogen-bond donors (Lipinski definition) is 2. The summed E-state index contributed by atoms with van der Waals surface area (Å²) in [5.74, 6) is 1.58. The van der Waals surface area contributed by atoms with Gasteiger partial charge in [0.25, 0.3) is 0 Å². The molecular weight excluding hydrogens is 390 g/mol. The third-order valence-electron chi connectivity index (χ3n) is 6.96. The second-order valence-electron chi connectivity index (χ2n) is 8.97. The molecule has 2 aromatic heterocycles. The van der Waals surface area contributed by atoms with Crippen LogP contribution in [0.1, 0.15) is 4.88 Å². The van der Waals surface area contributed by atoms with Crippen molar-refractivity contribution in [2.45, 2.75) is 6.92 Å². The number of aromatic nitrogens is 1. The van der Waals surface area contributed by atoms with E-state index >= 15 is 0 Å². The van der Waals surface area contributed by atoms with Crippen molar-refractivity contribution in [1.29, 1.82) is 0 Å². The Morgan fingerprint density at radius 1 is 0.933 bits per heavy atom. The zero-order valence-corrected chi connectivity index (χ0v) is 18.3. The summed E-state index contributed by atoms with van der Waals surface area (Å²) in [6.07, 6.45) is 0. The molecule has 30 heavy (non-hydrogen) atoms. The second kappa shape index (κ2) is 7.52. The molecule has 3 aromatic rings. The van der Waals surface area contributed by atoms with Gasteiger partial charge in [-0.05, 0) is 43.0 Å². The highest BCUT2D eigenvalue weighted by Gasteiger charge is 2.37. The van der Waals surface area contributed by atoms with Gasteiger partial charge in [-0.25, -0.2) is 4.98 Å². The van der Waals surface area contributed by atoms with Crippen LogP contribution in [0.15, 0.2) is 36.4 Å². The summed E-state index contributed by atoms with van der Waals surface area (Å²) < 4.78 is 1.35. The van der Waals surface area contributed by atoms with Gasteiger partial charge in [0.15, 0.2) is 0 Å². The van der Waals surface area contributed by atoms with E-state index in [1.807, 2.05) is 11.3 Å². The molecule has 0 spiro atoms. The molecule has 0 amide bonds. The van der Waals surface area contributed by atoms with Crippen LogP contribution in [0.2, 0.25) is 0 Å². The van der Waals surface area contributed by atoms with Gasteiger partial charge >= 0.3 is 0 Å². The average Bonchev–Trinajstić information content (AvgIpc) is 3.47. The van der Waals surface area contributed by atoms with E-state index in [4.69, 9.17) is 4.98 Å². The standard InChI is InChI=1S/C24H29N5S/c1-16-10-22-24(30-16)23(29-14-18-12-26-13-19(18)15-29)11-21(27-22)17-2-4-20(5-3-17)28-8-6-25-7-9-28/h2-5,10-11,18-19,25-26H,6-9,12-15H2,1H3. The van der Waals surface area contributed by atoms with Gasteiger partial charge < -0.3 is 20.4 Å². The van der Waals surface area contributed by atoms with Crippen LogP contribution in [-0.2, 0) is 0 Å². The first-order valence-corrected chi connectivity index (χ1v) is 12.0. The number of nitrogens with zero attached hydrogens (tertiary/aromatic N) is 3. The van der Waals surface area contributed by atoms with Gasteiger partial charge in [0.2, 0.25) is 0 Å². The molecule has 2 atom stereocenters. The Hall–Kier alpha value is -2.15. The molecule has 3 aliphatic rings. The number of aryl methyl sites for hydroxylation is 1. The maximum atomic E-state index is 5.06. The molecule has 1 aromatic carbocycles. The number of anilines is 2. The van der Waals surface area contributed by atoms with Crippen molar-refractivity contribution in [3.05, 3.63) is 41.3 Å². The van der Waals surface area contributed by atoms with Crippen LogP contribution in [0, 0.1) is 18.8 Å². The lowest BCUT2D eigenvalue weighted by molar-refractivity contribution is 0.533. The van der Waals surface area contributed by atoms with E-state index in [-0.39, 0.29) is 0 Å². The van der Waals surface area contributed by atoms with Crippen molar-refractivity contribution in [2.75, 3.05) is 62.2 Å². The van der Waals surface area contributed by atoms with Gasteiger partial charge in [0.1, 0.15) is 0 Å². The quantitative estimate of drug-likeness (QED) is 0.682. The molecule has 6 rings (SSSR count). The number of hydrogen-bond acceptors (Lipinski definition) is 6. The SMILES string of the molecule is Cc1cc2nc(-c3ccc(N4CCNCC4)cc3)cc(N3CC4CNCC4C3)c2s1. The summed E-state index contributed by atoms with van der Waals surface area (Å²) in [6, 6.07) is 13.6. The number of pyridine rings is 1. The normalized spacial score (nSPS) is 24.0. The fourth-order valence-corrected chi connectivity index (χ4v) is 6.32. The van der Waals surface area contributed by atoms with Crippen LogP contribution in [-0.4, -0.2) is 57.3 Å². The first kappa shape index (κ1) is 18.6. The van der Waals surface area contributed by atoms with Gasteiger partial charge in [-0.3, -0.25) is 0 Å². The highest BCUT2D eigenvalue weighted by Crippen LogP contribution is 2.40. The summed E-state index contributed by atoms with van der Waals surface area (Å²) >= 11 is 1.89. The Morgan fingerprint density at radius 2 is 1.67 bits per heavy atom. The minimum atomic E-state index is 0.788. The van der Waals surface area contributed by atoms with Crippen LogP contribution in [0.5, 0.6) is 0 Å². The van der Waals surface area contributed by atoms with Crippen LogP contribution in [0.3, 0.4) is 0 Å². The van der Waals surface area contributed by atoms with Crippen molar-refractivity contribution < 1.29 is 0 Å². The molecule has 0 saturated carbocycles. The van der Waals surface area contributed by atoms with Crippen LogP contribution in [0.25, 0.3) is 21.5 Å². The molecule has 3 saturated heterocycles. The van der Waals surface area contributed by atoms with E-state index < -0.39 is 0 Å². The number of fused-ring (bicyclic) bond motifs is 2. The molecule has 0 bridgehead atoms. The molecule has 0 radical (unpaired) electrons. The fourth-order valence-electron chi connectivity index (χ4n) is 5.33. The lowest BCUT2D eigenvalue weighted by Gasteiger charge is -2.29. The fraction of sp³-hybridized carbons (Fsp3) is 0.458. The van der Waals surface area contributed by atoms with Crippen molar-refractivity contribution in [1.82, 2.24) is 15.6 Å². The Bertz CT molecular complexity index is 1040. The second-order valence-corrected chi connectivity index (χ2v) is 10.2. The summed E-state index contributed by atoms with van der Waals surface area (Å²) in [7, 11) is 0. The van der Waals surface area contributed by atoms with Crippen molar-refractivity contribution >= 4 is 32.9 Å². The Labute approximate surface area is 182 Å². The minimum absolute atomic E-state index is 0.788. The van der Waals surface area contributed by atoms with Crippen molar-refractivity contribution in [3.63, 3.8) is 0 Å². The lowest BCUT2D eigenvalue weighted by atomic mass is 10.0. The van der Waals surface area contributed by atoms with E-state index in [1.54, 1.807) is 0 Å². The summed E-state index contributed by atoms with van der Waals surface area (Å²) in [5, 5.41) is 6.99. The summed E-state index contributed by atoms with van der Waals surface area (Å²) in [5.41, 5.74) is 6.15. The first-order valence-electron chi connectivity index (χ1n) is 11.2. The summed E-state index contributed by atoms with van der Waals surface area (Å²) in [4.78, 5) is 11.5. The number of nitrogens with one attached hydrogen (secondary N) is 2. The first-order chi connectivity index (χ1) is 14.7. The van der Waals surface area contributed by atoms with Gasteiger partial charge in [0, 0.05) is 68.5 Å². The maximum Gasteiger partial charge on any atom is 0.0841 e. The molecule has 3 aliphatic heterocycles. The van der Waals surface area contributed by atoms with Crippen LogP contribution >= 0.6 is 11.3 Å². The molecule has 2 N–H and O–H groups in total. The number of piperazine rings is 1. The lowest BCUT2D eigenvalue weighted by Crippen LogP contribution is -2.43. The maximum absolute atomic E-state index is 5.06. The predicted octanol–water partition coefficient (Wildman–Crippen LogP) is 3.34. The largest absolute Gasteiger partial charge is 0.370 e. The molecule has 6 heteroatoms. The van der Waals surface area contributed by atoms with Gasteiger partial charge in [0.05, 0.1) is 21.6 Å². The highest BCUT2D eigenvalue weighted by atomic mass is 32.1. The third-order valence-corrected chi connectivity index (χ3v) is 8.02. The highest BCUT2D eigenvalue weighted by molar-refractivity contribution is 7.19. The van der Waals surface area contributed by atoms with E-state index in [2.05, 4.69) is 63.8 Å². The number of thiophene rings is 1. The van der Waals surface area contributed by atoms with Crippen LogP contribution < -0.4 is 20.4 Å². The van der Waals surface area contributed by atoms with Gasteiger partial charge in [-0.15, -0.1) is 11.3 Å². The molecule has 156 valence electrons. The molecule has 5 heterocycles. The Morgan fingerprint density at radius 3 is 2.40 bits per heavy atom. The van der Waals surface area contributed by atoms with Crippen LogP contribution in [0.4, 0.5) is 11.4 Å². The smallest absolute Gasteiger partial charge is 0.0841 e. The van der Waals surface area contributed by atoms with Crippen molar-refractivity contribution in [3.8, 4) is 11.3 Å². The third kappa shape index (κ3) is 3.27. The molecule has 0 aliphatic carbocycles. The number of benzene rings is 1. The van der Waals surface area contributed by atoms with E-state index in [1.165, 1.54) is 39.6 Å². The van der Waals surface area contributed by atoms with E-state index in [9.17, 15) is 0 Å². The zero-order chi connectivity index (χ0) is 20.1. The minimum Gasteiger partial charge on any atom is -0.370 e. The predicted molar refractivity (Wildman–Crippen MR) is 127 cm³/mol. The van der Waals surface area contributed by atoms with E-state index in [0.29, 0.717) is 0 Å². The average molecular weight is 420 g/mol. The molecule has 5 nitrogen and oxygen atoms in total. The Kier molecular flexibility index (Phi) is 4.66. The summed E-state index contributed by atoms with van der Waals surface area (Å²) in [6.45, 7) is 11.1.